The van der Waals surface area contributed by atoms with Crippen LogP contribution in [0.15, 0.2) is 18.2 Å². The SMILES string of the molecule is COC(=O)C1OC(Oc2cc(C=O)ccc2N)C(OC(C)=O)C(OC(C)=O)C1OC(C)=O. The van der Waals surface area contributed by atoms with E-state index in [1.54, 1.807) is 0 Å². The zero-order valence-electron chi connectivity index (χ0n) is 17.8. The lowest BCUT2D eigenvalue weighted by Gasteiger charge is -2.43. The molecule has 2 rings (SSSR count). The monoisotopic (exact) mass is 453 g/mol. The minimum Gasteiger partial charge on any atom is -0.467 e. The molecular weight excluding hydrogens is 430 g/mol. The first kappa shape index (κ1) is 24.6. The number of nitrogens with two attached hydrogens (primary N) is 1. The molecule has 0 spiro atoms. The van der Waals surface area contributed by atoms with Crippen molar-refractivity contribution < 1.29 is 52.4 Å². The quantitative estimate of drug-likeness (QED) is 0.257. The number of aldehydes is 1. The molecule has 0 saturated carbocycles. The number of carbonyl (C=O) groups excluding carboxylic acids is 5. The molecule has 0 radical (unpaired) electrons. The Hall–Kier alpha value is -3.67. The maximum absolute atomic E-state index is 12.4. The number of methoxy groups -OCH3 is 1. The Morgan fingerprint density at radius 1 is 0.938 bits per heavy atom. The molecule has 0 aromatic heterocycles. The van der Waals surface area contributed by atoms with Crippen LogP contribution in [-0.4, -0.2) is 68.0 Å². The average molecular weight is 453 g/mol. The van der Waals surface area contributed by atoms with Crippen molar-refractivity contribution in [3.8, 4) is 5.75 Å². The fourth-order valence-corrected chi connectivity index (χ4v) is 3.03. The van der Waals surface area contributed by atoms with E-state index in [2.05, 4.69) is 0 Å². The lowest BCUT2D eigenvalue weighted by molar-refractivity contribution is -0.282. The first-order chi connectivity index (χ1) is 15.1. The predicted molar refractivity (Wildman–Crippen MR) is 104 cm³/mol. The molecule has 1 heterocycles. The summed E-state index contributed by atoms with van der Waals surface area (Å²) < 4.78 is 31.7. The van der Waals surface area contributed by atoms with Gasteiger partial charge in [-0.05, 0) is 18.2 Å². The fourth-order valence-electron chi connectivity index (χ4n) is 3.03. The van der Waals surface area contributed by atoms with Gasteiger partial charge in [-0.1, -0.05) is 0 Å². The summed E-state index contributed by atoms with van der Waals surface area (Å²) in [4.78, 5) is 58.7. The van der Waals surface area contributed by atoms with E-state index < -0.39 is 54.6 Å². The third kappa shape index (κ3) is 5.94. The Balaban J connectivity index is 2.55. The van der Waals surface area contributed by atoms with Gasteiger partial charge in [-0.15, -0.1) is 0 Å². The number of carbonyl (C=O) groups is 5. The van der Waals surface area contributed by atoms with Crippen LogP contribution >= 0.6 is 0 Å². The van der Waals surface area contributed by atoms with Crippen LogP contribution in [0.2, 0.25) is 0 Å². The van der Waals surface area contributed by atoms with Gasteiger partial charge in [-0.2, -0.15) is 0 Å². The van der Waals surface area contributed by atoms with Crippen molar-refractivity contribution in [2.24, 2.45) is 0 Å². The summed E-state index contributed by atoms with van der Waals surface area (Å²) in [6, 6.07) is 4.13. The predicted octanol–water partition coefficient (Wildman–Crippen LogP) is 0.153. The molecule has 1 aromatic rings. The molecule has 1 aliphatic heterocycles. The van der Waals surface area contributed by atoms with Crippen LogP contribution in [0.1, 0.15) is 31.1 Å². The number of esters is 4. The van der Waals surface area contributed by atoms with Crippen LogP contribution in [0.4, 0.5) is 5.69 Å². The van der Waals surface area contributed by atoms with Crippen LogP contribution < -0.4 is 10.5 Å². The summed E-state index contributed by atoms with van der Waals surface area (Å²) in [5.74, 6) is -3.47. The van der Waals surface area contributed by atoms with Gasteiger partial charge in [0.15, 0.2) is 18.3 Å². The highest BCUT2D eigenvalue weighted by Gasteiger charge is 2.55. The second-order valence-electron chi connectivity index (χ2n) is 6.70. The van der Waals surface area contributed by atoms with Crippen LogP contribution in [0.25, 0.3) is 0 Å². The molecule has 1 aliphatic rings. The van der Waals surface area contributed by atoms with E-state index in [9.17, 15) is 24.0 Å². The van der Waals surface area contributed by atoms with E-state index >= 15 is 0 Å². The molecule has 0 bridgehead atoms. The Kier molecular flexibility index (Phi) is 8.13. The van der Waals surface area contributed by atoms with Crippen LogP contribution in [0.3, 0.4) is 0 Å². The highest BCUT2D eigenvalue weighted by molar-refractivity contribution is 5.78. The molecule has 12 nitrogen and oxygen atoms in total. The van der Waals surface area contributed by atoms with Crippen LogP contribution in [0, 0.1) is 0 Å². The second kappa shape index (κ2) is 10.6. The molecule has 12 heteroatoms. The summed E-state index contributed by atoms with van der Waals surface area (Å²) >= 11 is 0. The number of benzene rings is 1. The van der Waals surface area contributed by atoms with Gasteiger partial charge in [0.2, 0.25) is 12.4 Å². The Labute approximate surface area is 182 Å². The molecular formula is C20H23NO11. The first-order valence-electron chi connectivity index (χ1n) is 9.33. The van der Waals surface area contributed by atoms with Gasteiger partial charge in [0, 0.05) is 26.3 Å². The zero-order chi connectivity index (χ0) is 24.0. The number of rotatable bonds is 7. The summed E-state index contributed by atoms with van der Waals surface area (Å²) in [5, 5.41) is 0. The summed E-state index contributed by atoms with van der Waals surface area (Å²) in [6.45, 7) is 3.21. The van der Waals surface area contributed by atoms with Crippen molar-refractivity contribution >= 4 is 35.9 Å². The van der Waals surface area contributed by atoms with Crippen molar-refractivity contribution in [1.29, 1.82) is 0 Å². The van der Waals surface area contributed by atoms with E-state index in [4.69, 9.17) is 34.2 Å². The number of anilines is 1. The molecule has 5 unspecified atom stereocenters. The van der Waals surface area contributed by atoms with E-state index in [0.717, 1.165) is 27.9 Å². The van der Waals surface area contributed by atoms with Gasteiger partial charge >= 0.3 is 23.9 Å². The maximum atomic E-state index is 12.4. The topological polar surface area (TPSA) is 167 Å². The Bertz CT molecular complexity index is 900. The molecule has 1 saturated heterocycles. The highest BCUT2D eigenvalue weighted by Crippen LogP contribution is 2.33. The Morgan fingerprint density at radius 2 is 1.50 bits per heavy atom. The minimum absolute atomic E-state index is 0.0344. The summed E-state index contributed by atoms with van der Waals surface area (Å²) in [7, 11) is 1.07. The molecule has 5 atom stereocenters. The number of ether oxygens (including phenoxy) is 6. The second-order valence-corrected chi connectivity index (χ2v) is 6.70. The summed E-state index contributed by atoms with van der Waals surface area (Å²) in [6.07, 6.45) is -7.14. The van der Waals surface area contributed by atoms with Gasteiger partial charge in [0.25, 0.3) is 0 Å². The molecule has 0 amide bonds. The van der Waals surface area contributed by atoms with Crippen molar-refractivity contribution in [2.75, 3.05) is 12.8 Å². The Morgan fingerprint density at radius 3 is 2.03 bits per heavy atom. The maximum Gasteiger partial charge on any atom is 0.339 e. The smallest absolute Gasteiger partial charge is 0.339 e. The largest absolute Gasteiger partial charge is 0.467 e. The number of hydrogen-bond donors (Lipinski definition) is 1. The molecule has 174 valence electrons. The normalized spacial score (nSPS) is 24.6. The lowest BCUT2D eigenvalue weighted by atomic mass is 9.97. The van der Waals surface area contributed by atoms with E-state index in [1.807, 2.05) is 0 Å². The first-order valence-corrected chi connectivity index (χ1v) is 9.33. The van der Waals surface area contributed by atoms with Crippen LogP contribution in [-0.2, 0) is 42.9 Å². The van der Waals surface area contributed by atoms with E-state index in [0.29, 0.717) is 6.29 Å². The van der Waals surface area contributed by atoms with Crippen LogP contribution in [0.5, 0.6) is 5.75 Å². The van der Waals surface area contributed by atoms with Crippen molar-refractivity contribution in [1.82, 2.24) is 0 Å². The van der Waals surface area contributed by atoms with Gasteiger partial charge < -0.3 is 34.2 Å². The van der Waals surface area contributed by atoms with Gasteiger partial charge in [-0.3, -0.25) is 19.2 Å². The van der Waals surface area contributed by atoms with E-state index in [-0.39, 0.29) is 17.0 Å². The standard InChI is InChI=1S/C20H23NO11/c1-9(23)28-15-16(29-10(2)24)18(30-11(3)25)20(32-17(15)19(26)27-4)31-14-7-12(8-22)5-6-13(14)21/h5-8,15-18,20H,21H2,1-4H3. The molecule has 1 fully saturated rings. The van der Waals surface area contributed by atoms with Gasteiger partial charge in [0.05, 0.1) is 12.8 Å². The van der Waals surface area contributed by atoms with Gasteiger partial charge in [0.1, 0.15) is 12.0 Å². The lowest BCUT2D eigenvalue weighted by Crippen LogP contribution is -2.64. The third-order valence-corrected chi connectivity index (χ3v) is 4.25. The summed E-state index contributed by atoms with van der Waals surface area (Å²) in [5.41, 5.74) is 6.20. The van der Waals surface area contributed by atoms with E-state index in [1.165, 1.54) is 18.2 Å². The number of hydrogen-bond acceptors (Lipinski definition) is 12. The van der Waals surface area contributed by atoms with Gasteiger partial charge in [-0.25, -0.2) is 4.79 Å². The minimum atomic E-state index is -1.61. The van der Waals surface area contributed by atoms with Crippen molar-refractivity contribution in [3.05, 3.63) is 23.8 Å². The number of nitrogen functional groups attached to an aromatic ring is 1. The van der Waals surface area contributed by atoms with Crippen molar-refractivity contribution in [3.63, 3.8) is 0 Å². The molecule has 2 N–H and O–H groups in total. The molecule has 1 aromatic carbocycles. The molecule has 32 heavy (non-hydrogen) atoms. The average Bonchev–Trinajstić information content (AvgIpc) is 2.71. The fraction of sp³-hybridized carbons (Fsp3) is 0.450. The third-order valence-electron chi connectivity index (χ3n) is 4.25. The molecule has 0 aliphatic carbocycles. The zero-order valence-corrected chi connectivity index (χ0v) is 17.8. The highest BCUT2D eigenvalue weighted by atomic mass is 16.7. The van der Waals surface area contributed by atoms with Crippen molar-refractivity contribution in [2.45, 2.75) is 51.5 Å².